The first-order chi connectivity index (χ1) is 8.73. The zero-order valence-electron chi connectivity index (χ0n) is 9.99. The van der Waals surface area contributed by atoms with E-state index in [0.29, 0.717) is 12.1 Å². The van der Waals surface area contributed by atoms with Gasteiger partial charge in [-0.1, -0.05) is 18.2 Å². The molecule has 0 saturated heterocycles. The lowest BCUT2D eigenvalue weighted by molar-refractivity contribution is -0.192. The highest BCUT2D eigenvalue weighted by atomic mass is 19.4. The van der Waals surface area contributed by atoms with Crippen molar-refractivity contribution in [1.29, 1.82) is 0 Å². The molecule has 19 heavy (non-hydrogen) atoms. The highest BCUT2D eigenvalue weighted by molar-refractivity contribution is 5.95. The number of nitrogens with two attached hydrogens (primary N) is 1. The molecule has 0 spiro atoms. The molecule has 0 fully saturated rings. The molecule has 0 aliphatic rings. The number of amides is 1. The Morgan fingerprint density at radius 1 is 1.32 bits per heavy atom. The number of halogens is 3. The minimum Gasteiger partial charge on any atom is -0.475 e. The van der Waals surface area contributed by atoms with E-state index >= 15 is 0 Å². The van der Waals surface area contributed by atoms with Crippen LogP contribution in [0.25, 0.3) is 0 Å². The largest absolute Gasteiger partial charge is 0.490 e. The Bertz CT molecular complexity index is 447. The lowest BCUT2D eigenvalue weighted by atomic mass is 10.1. The number of aliphatic carboxylic acids is 1. The summed E-state index contributed by atoms with van der Waals surface area (Å²) in [4.78, 5) is 20.1. The van der Waals surface area contributed by atoms with E-state index in [1.807, 2.05) is 18.2 Å². The summed E-state index contributed by atoms with van der Waals surface area (Å²) in [6, 6.07) is 7.31. The van der Waals surface area contributed by atoms with E-state index in [1.165, 1.54) is 0 Å². The van der Waals surface area contributed by atoms with Crippen molar-refractivity contribution in [2.75, 3.05) is 7.05 Å². The van der Waals surface area contributed by atoms with Gasteiger partial charge in [0.25, 0.3) is 5.91 Å². The Kier molecular flexibility index (Phi) is 6.56. The van der Waals surface area contributed by atoms with Gasteiger partial charge >= 0.3 is 12.1 Å². The molecule has 0 radical (unpaired) electrons. The van der Waals surface area contributed by atoms with Gasteiger partial charge in [-0.25, -0.2) is 4.79 Å². The van der Waals surface area contributed by atoms with Gasteiger partial charge in [0.2, 0.25) is 0 Å². The third kappa shape index (κ3) is 5.87. The van der Waals surface area contributed by atoms with Crippen molar-refractivity contribution in [3.63, 3.8) is 0 Å². The van der Waals surface area contributed by atoms with Crippen molar-refractivity contribution in [3.8, 4) is 0 Å². The minimum atomic E-state index is -5.08. The Balaban J connectivity index is 0.000000399. The fraction of sp³-hybridized carbons (Fsp3) is 0.273. The SMILES string of the molecule is CNC(=O)c1ccccc1CN.O=C(O)C(F)(F)F. The quantitative estimate of drug-likeness (QED) is 0.756. The fourth-order valence-corrected chi connectivity index (χ4v) is 1.05. The first kappa shape index (κ1) is 16.9. The summed E-state index contributed by atoms with van der Waals surface area (Å²) in [7, 11) is 1.61. The number of alkyl halides is 3. The summed E-state index contributed by atoms with van der Waals surface area (Å²) in [5.74, 6) is -2.84. The Hall–Kier alpha value is -2.09. The summed E-state index contributed by atoms with van der Waals surface area (Å²) >= 11 is 0. The lowest BCUT2D eigenvalue weighted by Crippen LogP contribution is -2.21. The number of carbonyl (C=O) groups is 2. The van der Waals surface area contributed by atoms with Gasteiger partial charge in [-0.2, -0.15) is 13.2 Å². The second kappa shape index (κ2) is 7.37. The van der Waals surface area contributed by atoms with Gasteiger partial charge in [-0.15, -0.1) is 0 Å². The molecule has 5 nitrogen and oxygen atoms in total. The highest BCUT2D eigenvalue weighted by Crippen LogP contribution is 2.13. The molecule has 8 heteroatoms. The Morgan fingerprint density at radius 2 is 1.79 bits per heavy atom. The number of carbonyl (C=O) groups excluding carboxylic acids is 1. The van der Waals surface area contributed by atoms with E-state index in [-0.39, 0.29) is 5.91 Å². The molecule has 0 bridgehead atoms. The highest BCUT2D eigenvalue weighted by Gasteiger charge is 2.38. The van der Waals surface area contributed by atoms with Crippen LogP contribution in [-0.2, 0) is 11.3 Å². The van der Waals surface area contributed by atoms with E-state index in [2.05, 4.69) is 5.32 Å². The number of carboxylic acid groups (broad SMARTS) is 1. The average molecular weight is 278 g/mol. The first-order valence-electron chi connectivity index (χ1n) is 5.04. The van der Waals surface area contributed by atoms with Crippen molar-refractivity contribution in [2.24, 2.45) is 5.73 Å². The number of hydrogen-bond donors (Lipinski definition) is 3. The zero-order chi connectivity index (χ0) is 15.1. The average Bonchev–Trinajstić information content (AvgIpc) is 2.37. The standard InChI is InChI=1S/C9H12N2O.C2HF3O2/c1-11-9(12)8-5-3-2-4-7(8)6-10;3-2(4,5)1(6)7/h2-5H,6,10H2,1H3,(H,11,12);(H,6,7). The van der Waals surface area contributed by atoms with E-state index in [9.17, 15) is 18.0 Å². The van der Waals surface area contributed by atoms with E-state index in [4.69, 9.17) is 15.6 Å². The van der Waals surface area contributed by atoms with Gasteiger partial charge in [-0.3, -0.25) is 4.79 Å². The number of rotatable bonds is 2. The molecule has 0 heterocycles. The molecule has 0 unspecified atom stereocenters. The molecule has 4 N–H and O–H groups in total. The van der Waals surface area contributed by atoms with Crippen LogP contribution in [-0.4, -0.2) is 30.2 Å². The Morgan fingerprint density at radius 3 is 2.16 bits per heavy atom. The molecule has 0 aromatic heterocycles. The molecule has 0 aliphatic carbocycles. The number of benzene rings is 1. The second-order valence-corrected chi connectivity index (χ2v) is 3.24. The number of hydrogen-bond acceptors (Lipinski definition) is 3. The molecular weight excluding hydrogens is 265 g/mol. The van der Waals surface area contributed by atoms with Crippen LogP contribution in [0.1, 0.15) is 15.9 Å². The molecule has 1 aromatic carbocycles. The van der Waals surface area contributed by atoms with Crippen LogP contribution < -0.4 is 11.1 Å². The van der Waals surface area contributed by atoms with Crippen LogP contribution in [0, 0.1) is 0 Å². The van der Waals surface area contributed by atoms with Gasteiger partial charge < -0.3 is 16.2 Å². The smallest absolute Gasteiger partial charge is 0.475 e. The zero-order valence-corrected chi connectivity index (χ0v) is 9.99. The second-order valence-electron chi connectivity index (χ2n) is 3.24. The lowest BCUT2D eigenvalue weighted by Gasteiger charge is -2.04. The monoisotopic (exact) mass is 278 g/mol. The van der Waals surface area contributed by atoms with Crippen LogP contribution >= 0.6 is 0 Å². The predicted octanol–water partition coefficient (Wildman–Crippen LogP) is 1.14. The maximum Gasteiger partial charge on any atom is 0.490 e. The number of nitrogens with one attached hydrogen (secondary N) is 1. The number of carboxylic acids is 1. The van der Waals surface area contributed by atoms with E-state index in [1.54, 1.807) is 13.1 Å². The molecule has 1 aromatic rings. The summed E-state index contributed by atoms with van der Waals surface area (Å²) in [6.45, 7) is 0.392. The van der Waals surface area contributed by atoms with Crippen molar-refractivity contribution >= 4 is 11.9 Å². The van der Waals surface area contributed by atoms with Crippen molar-refractivity contribution in [3.05, 3.63) is 35.4 Å². The van der Waals surface area contributed by atoms with Crippen LogP contribution in [0.2, 0.25) is 0 Å². The molecule has 1 amide bonds. The van der Waals surface area contributed by atoms with Gasteiger partial charge in [0.1, 0.15) is 0 Å². The molecule has 1 rings (SSSR count). The van der Waals surface area contributed by atoms with Crippen LogP contribution in [0.15, 0.2) is 24.3 Å². The third-order valence-electron chi connectivity index (χ3n) is 1.95. The summed E-state index contributed by atoms with van der Waals surface area (Å²) in [5.41, 5.74) is 6.99. The minimum absolute atomic E-state index is 0.0870. The van der Waals surface area contributed by atoms with Crippen molar-refractivity contribution in [2.45, 2.75) is 12.7 Å². The fourth-order valence-electron chi connectivity index (χ4n) is 1.05. The molecule has 106 valence electrons. The maximum atomic E-state index is 11.2. The summed E-state index contributed by atoms with van der Waals surface area (Å²) in [5, 5.41) is 9.69. The van der Waals surface area contributed by atoms with Gasteiger partial charge in [0.15, 0.2) is 0 Å². The normalized spacial score (nSPS) is 10.2. The molecular formula is C11H13F3N2O3. The van der Waals surface area contributed by atoms with Crippen molar-refractivity contribution < 1.29 is 27.9 Å². The summed E-state index contributed by atoms with van der Waals surface area (Å²) < 4.78 is 31.7. The Labute approximate surface area is 107 Å². The summed E-state index contributed by atoms with van der Waals surface area (Å²) in [6.07, 6.45) is -5.08. The van der Waals surface area contributed by atoms with Gasteiger partial charge in [-0.05, 0) is 11.6 Å². The molecule has 0 atom stereocenters. The van der Waals surface area contributed by atoms with Gasteiger partial charge in [0, 0.05) is 19.2 Å². The van der Waals surface area contributed by atoms with Gasteiger partial charge in [0.05, 0.1) is 0 Å². The van der Waals surface area contributed by atoms with E-state index in [0.717, 1.165) is 5.56 Å². The first-order valence-corrected chi connectivity index (χ1v) is 5.04. The third-order valence-corrected chi connectivity index (χ3v) is 1.95. The molecule has 0 aliphatic heterocycles. The van der Waals surface area contributed by atoms with Crippen LogP contribution in [0.4, 0.5) is 13.2 Å². The topological polar surface area (TPSA) is 92.4 Å². The van der Waals surface area contributed by atoms with E-state index < -0.39 is 12.1 Å². The predicted molar refractivity (Wildman–Crippen MR) is 61.4 cm³/mol. The van der Waals surface area contributed by atoms with Crippen LogP contribution in [0.5, 0.6) is 0 Å². The van der Waals surface area contributed by atoms with Crippen LogP contribution in [0.3, 0.4) is 0 Å². The maximum absolute atomic E-state index is 11.2. The van der Waals surface area contributed by atoms with Crippen molar-refractivity contribution in [1.82, 2.24) is 5.32 Å². The molecule has 0 saturated carbocycles.